The number of nitrogens with one attached hydrogen (secondary N) is 2. The first-order chi connectivity index (χ1) is 21.3. The van der Waals surface area contributed by atoms with Crippen LogP contribution < -0.4 is 29.6 Å². The van der Waals surface area contributed by atoms with Crippen LogP contribution in [0.3, 0.4) is 0 Å². The van der Waals surface area contributed by atoms with E-state index < -0.39 is 0 Å². The van der Waals surface area contributed by atoms with Crippen molar-refractivity contribution in [2.24, 2.45) is 0 Å². The van der Waals surface area contributed by atoms with E-state index >= 15 is 0 Å². The summed E-state index contributed by atoms with van der Waals surface area (Å²) in [6.07, 6.45) is 1.07. The van der Waals surface area contributed by atoms with Crippen LogP contribution in [0.1, 0.15) is 75.5 Å². The normalized spacial score (nSPS) is 17.7. The molecule has 232 valence electrons. The molecule has 2 aliphatic rings. The minimum absolute atomic E-state index is 0.0357. The van der Waals surface area contributed by atoms with Crippen molar-refractivity contribution in [2.75, 3.05) is 13.2 Å². The van der Waals surface area contributed by atoms with E-state index in [1.165, 1.54) is 11.1 Å². The smallest absolute Gasteiger partial charge is 0.162 e. The van der Waals surface area contributed by atoms with Gasteiger partial charge in [-0.25, -0.2) is 0 Å². The van der Waals surface area contributed by atoms with E-state index in [0.717, 1.165) is 53.6 Å². The monoisotopic (exact) mass is 594 g/mol. The first kappa shape index (κ1) is 31.4. The molecule has 3 atom stereocenters. The summed E-state index contributed by atoms with van der Waals surface area (Å²) in [6.45, 7) is 13.8. The molecule has 44 heavy (non-hydrogen) atoms. The zero-order valence-electron chi connectivity index (χ0n) is 26.6. The molecule has 2 aliphatic heterocycles. The number of para-hydroxylation sites is 4. The summed E-state index contributed by atoms with van der Waals surface area (Å²) in [7, 11) is 0. The van der Waals surface area contributed by atoms with Gasteiger partial charge in [0.05, 0.1) is 0 Å². The topological polar surface area (TPSA) is 61.0 Å². The van der Waals surface area contributed by atoms with E-state index in [9.17, 15) is 0 Å². The maximum atomic E-state index is 6.03. The molecule has 0 bridgehead atoms. The highest BCUT2D eigenvalue weighted by atomic mass is 16.6. The van der Waals surface area contributed by atoms with Crippen molar-refractivity contribution < 1.29 is 18.9 Å². The van der Waals surface area contributed by atoms with Gasteiger partial charge in [-0.15, -0.1) is 0 Å². The van der Waals surface area contributed by atoms with Gasteiger partial charge in [0.25, 0.3) is 0 Å². The number of benzene rings is 4. The fourth-order valence-corrected chi connectivity index (χ4v) is 4.87. The first-order valence-electron chi connectivity index (χ1n) is 15.7. The van der Waals surface area contributed by atoms with Gasteiger partial charge in [0.2, 0.25) is 0 Å². The summed E-state index contributed by atoms with van der Waals surface area (Å²) in [5.74, 6) is 3.29. The van der Waals surface area contributed by atoms with Crippen LogP contribution in [0.15, 0.2) is 97.1 Å². The second-order valence-electron chi connectivity index (χ2n) is 12.5. The average Bonchev–Trinajstić information content (AvgIpc) is 3.06. The molecular weight excluding hydrogens is 548 g/mol. The molecule has 6 rings (SSSR count). The van der Waals surface area contributed by atoms with Gasteiger partial charge in [0.15, 0.2) is 35.2 Å². The fraction of sp³-hybridized carbons (Fsp3) is 0.368. The number of hydrogen-bond donors (Lipinski definition) is 2. The Morgan fingerprint density at radius 2 is 1.07 bits per heavy atom. The van der Waals surface area contributed by atoms with Crippen molar-refractivity contribution >= 4 is 0 Å². The quantitative estimate of drug-likeness (QED) is 0.215. The summed E-state index contributed by atoms with van der Waals surface area (Å²) >= 11 is 0. The standard InChI is InChI=1S/2C19H23NO2/c1-19(2,3)20-12-14-8-10-15(11-9-14)18-13-21-16-6-4-5-7-17(16)22-18;1-3-14(2)20-12-15-8-10-16(11-9-15)19-13-21-17-6-4-5-7-18(17)22-19/h4-11,18,20H,12-13H2,1-3H3;4-11,14,19-20H,3,12-13H2,1-2H3/t;14-,19?/m.1/s1. The molecular formula is C38H46N2O4. The van der Waals surface area contributed by atoms with Gasteiger partial charge in [0, 0.05) is 24.7 Å². The van der Waals surface area contributed by atoms with E-state index in [1.807, 2.05) is 48.5 Å². The molecule has 0 aromatic heterocycles. The Labute approximate surface area is 262 Å². The van der Waals surface area contributed by atoms with Gasteiger partial charge >= 0.3 is 0 Å². The molecule has 0 fully saturated rings. The minimum Gasteiger partial charge on any atom is -0.485 e. The molecule has 0 saturated heterocycles. The van der Waals surface area contributed by atoms with Gasteiger partial charge in [-0.05, 0) is 80.6 Å². The van der Waals surface area contributed by atoms with Crippen molar-refractivity contribution in [3.05, 3.63) is 119 Å². The molecule has 0 saturated carbocycles. The number of rotatable bonds is 8. The van der Waals surface area contributed by atoms with Crippen LogP contribution >= 0.6 is 0 Å². The second kappa shape index (κ2) is 14.7. The van der Waals surface area contributed by atoms with Gasteiger partial charge in [-0.1, -0.05) is 79.7 Å². The van der Waals surface area contributed by atoms with Gasteiger partial charge in [0.1, 0.15) is 13.2 Å². The largest absolute Gasteiger partial charge is 0.485 e. The molecule has 0 aliphatic carbocycles. The van der Waals surface area contributed by atoms with Gasteiger partial charge < -0.3 is 29.6 Å². The maximum absolute atomic E-state index is 6.03. The van der Waals surface area contributed by atoms with Crippen LogP contribution in [0.5, 0.6) is 23.0 Å². The van der Waals surface area contributed by atoms with Crippen LogP contribution in [0.4, 0.5) is 0 Å². The lowest BCUT2D eigenvalue weighted by atomic mass is 10.0. The lowest BCUT2D eigenvalue weighted by molar-refractivity contribution is 0.0913. The molecule has 0 radical (unpaired) electrons. The van der Waals surface area contributed by atoms with Crippen molar-refractivity contribution in [1.29, 1.82) is 0 Å². The Balaban J connectivity index is 0.000000175. The van der Waals surface area contributed by atoms with Crippen LogP contribution in [0, 0.1) is 0 Å². The Hall–Kier alpha value is -4.00. The molecule has 2 heterocycles. The molecule has 2 unspecified atom stereocenters. The summed E-state index contributed by atoms with van der Waals surface area (Å²) < 4.78 is 23.6. The SMILES string of the molecule is CC(C)(C)NCc1ccc(C2COc3ccccc3O2)cc1.CC[C@@H](C)NCc1ccc(C2COc3ccccc3O2)cc1. The second-order valence-corrected chi connectivity index (χ2v) is 12.5. The van der Waals surface area contributed by atoms with Crippen molar-refractivity contribution in [2.45, 2.75) is 77.9 Å². The summed E-state index contributed by atoms with van der Waals surface area (Å²) in [6, 6.07) is 33.3. The minimum atomic E-state index is -0.0421. The molecule has 6 heteroatoms. The fourth-order valence-electron chi connectivity index (χ4n) is 4.87. The van der Waals surface area contributed by atoms with Crippen molar-refractivity contribution in [1.82, 2.24) is 10.6 Å². The molecule has 2 N–H and O–H groups in total. The Bertz CT molecular complexity index is 1460. The highest BCUT2D eigenvalue weighted by Gasteiger charge is 2.23. The van der Waals surface area contributed by atoms with Crippen LogP contribution in [-0.4, -0.2) is 24.8 Å². The third kappa shape index (κ3) is 8.77. The van der Waals surface area contributed by atoms with E-state index in [2.05, 4.69) is 93.8 Å². The summed E-state index contributed by atoms with van der Waals surface area (Å²) in [5.41, 5.74) is 5.00. The van der Waals surface area contributed by atoms with Crippen molar-refractivity contribution in [3.63, 3.8) is 0 Å². The Morgan fingerprint density at radius 3 is 1.50 bits per heavy atom. The average molecular weight is 595 g/mol. The zero-order chi connectivity index (χ0) is 30.9. The lowest BCUT2D eigenvalue weighted by Crippen LogP contribution is -2.35. The van der Waals surface area contributed by atoms with Crippen LogP contribution in [0.2, 0.25) is 0 Å². The number of ether oxygens (including phenoxy) is 4. The van der Waals surface area contributed by atoms with E-state index in [1.54, 1.807) is 0 Å². The van der Waals surface area contributed by atoms with Crippen LogP contribution in [-0.2, 0) is 13.1 Å². The molecule has 0 amide bonds. The Kier molecular flexibility index (Phi) is 10.5. The Morgan fingerprint density at radius 1 is 0.636 bits per heavy atom. The number of hydrogen-bond acceptors (Lipinski definition) is 6. The predicted molar refractivity (Wildman–Crippen MR) is 177 cm³/mol. The van der Waals surface area contributed by atoms with Crippen LogP contribution in [0.25, 0.3) is 0 Å². The maximum Gasteiger partial charge on any atom is 0.162 e. The van der Waals surface area contributed by atoms with Crippen molar-refractivity contribution in [3.8, 4) is 23.0 Å². The molecule has 6 nitrogen and oxygen atoms in total. The summed E-state index contributed by atoms with van der Waals surface area (Å²) in [5, 5.41) is 7.00. The number of fused-ring (bicyclic) bond motifs is 2. The molecule has 4 aromatic rings. The van der Waals surface area contributed by atoms with Gasteiger partial charge in [-0.2, -0.15) is 0 Å². The lowest BCUT2D eigenvalue weighted by Gasteiger charge is -2.27. The summed E-state index contributed by atoms with van der Waals surface area (Å²) in [4.78, 5) is 0. The third-order valence-corrected chi connectivity index (χ3v) is 7.81. The van der Waals surface area contributed by atoms with E-state index in [4.69, 9.17) is 18.9 Å². The molecule has 0 spiro atoms. The van der Waals surface area contributed by atoms with Gasteiger partial charge in [-0.3, -0.25) is 0 Å². The van der Waals surface area contributed by atoms with E-state index in [0.29, 0.717) is 19.3 Å². The highest BCUT2D eigenvalue weighted by molar-refractivity contribution is 5.42. The zero-order valence-corrected chi connectivity index (χ0v) is 26.6. The highest BCUT2D eigenvalue weighted by Crippen LogP contribution is 2.37. The van der Waals surface area contributed by atoms with E-state index in [-0.39, 0.29) is 17.7 Å². The molecule has 4 aromatic carbocycles. The predicted octanol–water partition coefficient (Wildman–Crippen LogP) is 8.17. The third-order valence-electron chi connectivity index (χ3n) is 7.81. The first-order valence-corrected chi connectivity index (χ1v) is 15.7.